The molecule has 0 unspecified atom stereocenters. The molecule has 3 heterocycles. The van der Waals surface area contributed by atoms with Crippen molar-refractivity contribution < 1.29 is 8.78 Å². The van der Waals surface area contributed by atoms with Crippen LogP contribution in [0.2, 0.25) is 0 Å². The standard InChI is InChI=1S/C17H13F2N5/c18-14-3-2-11-10-24(7-4-13(11)15(14)19)12-8-22-17(23-9-12)16-20-5-1-6-21-16/h1-3,5-6,8-9H,4,7,10H2. The summed E-state index contributed by atoms with van der Waals surface area (Å²) >= 11 is 0. The highest BCUT2D eigenvalue weighted by Crippen LogP contribution is 2.27. The third-order valence-electron chi connectivity index (χ3n) is 4.06. The van der Waals surface area contributed by atoms with E-state index in [2.05, 4.69) is 19.9 Å². The summed E-state index contributed by atoms with van der Waals surface area (Å²) < 4.78 is 27.1. The van der Waals surface area contributed by atoms with E-state index in [-0.39, 0.29) is 0 Å². The maximum absolute atomic E-state index is 13.8. The maximum atomic E-state index is 13.8. The van der Waals surface area contributed by atoms with Crippen LogP contribution in [-0.4, -0.2) is 26.5 Å². The zero-order valence-electron chi connectivity index (χ0n) is 12.7. The first-order chi connectivity index (χ1) is 11.7. The lowest BCUT2D eigenvalue weighted by Gasteiger charge is -2.30. The molecule has 7 heteroatoms. The van der Waals surface area contributed by atoms with Gasteiger partial charge in [0.1, 0.15) is 0 Å². The van der Waals surface area contributed by atoms with Gasteiger partial charge in [-0.2, -0.15) is 0 Å². The largest absolute Gasteiger partial charge is 0.364 e. The van der Waals surface area contributed by atoms with Gasteiger partial charge >= 0.3 is 0 Å². The van der Waals surface area contributed by atoms with E-state index in [1.54, 1.807) is 36.9 Å². The zero-order valence-corrected chi connectivity index (χ0v) is 12.7. The Morgan fingerprint density at radius 1 is 0.917 bits per heavy atom. The average molecular weight is 325 g/mol. The predicted octanol–water partition coefficient (Wildman–Crippen LogP) is 2.77. The van der Waals surface area contributed by atoms with Gasteiger partial charge in [-0.15, -0.1) is 0 Å². The lowest BCUT2D eigenvalue weighted by atomic mass is 9.98. The third kappa shape index (κ3) is 2.58. The molecular weight excluding hydrogens is 312 g/mol. The number of hydrogen-bond acceptors (Lipinski definition) is 5. The first kappa shape index (κ1) is 14.6. The second-order valence-electron chi connectivity index (χ2n) is 5.51. The topological polar surface area (TPSA) is 54.8 Å². The van der Waals surface area contributed by atoms with Crippen LogP contribution in [0.4, 0.5) is 14.5 Å². The fourth-order valence-electron chi connectivity index (χ4n) is 2.82. The Morgan fingerprint density at radius 3 is 2.38 bits per heavy atom. The highest BCUT2D eigenvalue weighted by Gasteiger charge is 2.22. The van der Waals surface area contributed by atoms with E-state index in [1.807, 2.05) is 4.90 Å². The third-order valence-corrected chi connectivity index (χ3v) is 4.06. The minimum Gasteiger partial charge on any atom is -0.364 e. The maximum Gasteiger partial charge on any atom is 0.197 e. The first-order valence-electron chi connectivity index (χ1n) is 7.52. The molecule has 0 saturated heterocycles. The summed E-state index contributed by atoms with van der Waals surface area (Å²) in [5.41, 5.74) is 2.07. The van der Waals surface area contributed by atoms with Crippen LogP contribution in [0.5, 0.6) is 0 Å². The van der Waals surface area contributed by atoms with Crippen LogP contribution in [0.25, 0.3) is 11.6 Å². The summed E-state index contributed by atoms with van der Waals surface area (Å²) in [4.78, 5) is 18.9. The van der Waals surface area contributed by atoms with Gasteiger partial charge in [0.2, 0.25) is 0 Å². The molecular formula is C17H13F2N5. The summed E-state index contributed by atoms with van der Waals surface area (Å²) in [5, 5.41) is 0. The fraction of sp³-hybridized carbons (Fsp3) is 0.176. The van der Waals surface area contributed by atoms with Gasteiger partial charge in [-0.3, -0.25) is 0 Å². The van der Waals surface area contributed by atoms with Crippen molar-refractivity contribution in [1.82, 2.24) is 19.9 Å². The van der Waals surface area contributed by atoms with Crippen LogP contribution in [0.3, 0.4) is 0 Å². The number of benzene rings is 1. The number of nitrogens with zero attached hydrogens (tertiary/aromatic N) is 5. The number of aromatic nitrogens is 4. The second-order valence-corrected chi connectivity index (χ2v) is 5.51. The van der Waals surface area contributed by atoms with E-state index >= 15 is 0 Å². The van der Waals surface area contributed by atoms with Crippen molar-refractivity contribution in [3.63, 3.8) is 0 Å². The normalized spacial score (nSPS) is 13.7. The SMILES string of the molecule is Fc1ccc2c(c1F)CCN(c1cnc(-c3ncccn3)nc1)C2. The smallest absolute Gasteiger partial charge is 0.197 e. The number of hydrogen-bond donors (Lipinski definition) is 0. The van der Waals surface area contributed by atoms with E-state index in [0.29, 0.717) is 36.7 Å². The lowest BCUT2D eigenvalue weighted by Crippen LogP contribution is -2.31. The second kappa shape index (κ2) is 5.92. The van der Waals surface area contributed by atoms with E-state index < -0.39 is 11.6 Å². The van der Waals surface area contributed by atoms with Gasteiger partial charge in [0.25, 0.3) is 0 Å². The molecule has 0 saturated carbocycles. The Kier molecular flexibility index (Phi) is 3.60. The van der Waals surface area contributed by atoms with Crippen molar-refractivity contribution in [2.24, 2.45) is 0 Å². The molecule has 0 atom stereocenters. The van der Waals surface area contributed by atoms with Gasteiger partial charge in [0, 0.05) is 25.5 Å². The number of anilines is 1. The summed E-state index contributed by atoms with van der Waals surface area (Å²) in [6.07, 6.45) is 7.11. The van der Waals surface area contributed by atoms with Gasteiger partial charge in [0.05, 0.1) is 18.1 Å². The fourth-order valence-corrected chi connectivity index (χ4v) is 2.82. The quantitative estimate of drug-likeness (QED) is 0.725. The molecule has 0 aliphatic carbocycles. The molecule has 4 rings (SSSR count). The average Bonchev–Trinajstić information content (AvgIpc) is 2.65. The van der Waals surface area contributed by atoms with E-state index in [9.17, 15) is 8.78 Å². The zero-order chi connectivity index (χ0) is 16.5. The molecule has 5 nitrogen and oxygen atoms in total. The van der Waals surface area contributed by atoms with Crippen molar-refractivity contribution in [1.29, 1.82) is 0 Å². The predicted molar refractivity (Wildman–Crippen MR) is 84.2 cm³/mol. The Labute approximate surface area is 137 Å². The number of halogens is 2. The molecule has 0 fully saturated rings. The minimum absolute atomic E-state index is 0.447. The summed E-state index contributed by atoms with van der Waals surface area (Å²) in [5.74, 6) is -0.617. The molecule has 0 N–H and O–H groups in total. The molecule has 1 aromatic carbocycles. The molecule has 1 aliphatic heterocycles. The number of fused-ring (bicyclic) bond motifs is 1. The Hall–Kier alpha value is -2.96. The van der Waals surface area contributed by atoms with E-state index in [1.165, 1.54) is 6.07 Å². The van der Waals surface area contributed by atoms with E-state index in [4.69, 9.17) is 0 Å². The van der Waals surface area contributed by atoms with Gasteiger partial charge in [-0.05, 0) is 29.7 Å². The lowest BCUT2D eigenvalue weighted by molar-refractivity contribution is 0.491. The van der Waals surface area contributed by atoms with Crippen molar-refractivity contribution in [3.8, 4) is 11.6 Å². The van der Waals surface area contributed by atoms with Gasteiger partial charge < -0.3 is 4.90 Å². The van der Waals surface area contributed by atoms with Crippen molar-refractivity contribution >= 4 is 5.69 Å². The molecule has 0 radical (unpaired) electrons. The molecule has 24 heavy (non-hydrogen) atoms. The Balaban J connectivity index is 1.58. The van der Waals surface area contributed by atoms with Crippen LogP contribution in [-0.2, 0) is 13.0 Å². The first-order valence-corrected chi connectivity index (χ1v) is 7.52. The Bertz CT molecular complexity index is 868. The van der Waals surface area contributed by atoms with Crippen LogP contribution in [0.1, 0.15) is 11.1 Å². The van der Waals surface area contributed by atoms with Crippen molar-refractivity contribution in [2.75, 3.05) is 11.4 Å². The highest BCUT2D eigenvalue weighted by atomic mass is 19.2. The van der Waals surface area contributed by atoms with Crippen molar-refractivity contribution in [2.45, 2.75) is 13.0 Å². The van der Waals surface area contributed by atoms with Gasteiger partial charge in [-0.25, -0.2) is 28.7 Å². The van der Waals surface area contributed by atoms with Crippen LogP contribution < -0.4 is 4.90 Å². The highest BCUT2D eigenvalue weighted by molar-refractivity contribution is 5.50. The summed E-state index contributed by atoms with van der Waals surface area (Å²) in [6, 6.07) is 4.53. The molecule has 1 aliphatic rings. The molecule has 120 valence electrons. The Morgan fingerprint density at radius 2 is 1.62 bits per heavy atom. The van der Waals surface area contributed by atoms with Gasteiger partial charge in [-0.1, -0.05) is 6.07 Å². The summed E-state index contributed by atoms with van der Waals surface area (Å²) in [6.45, 7) is 1.08. The van der Waals surface area contributed by atoms with E-state index in [0.717, 1.165) is 11.3 Å². The molecule has 0 bridgehead atoms. The van der Waals surface area contributed by atoms with Gasteiger partial charge in [0.15, 0.2) is 23.3 Å². The number of rotatable bonds is 2. The minimum atomic E-state index is -0.794. The molecule has 0 amide bonds. The summed E-state index contributed by atoms with van der Waals surface area (Å²) in [7, 11) is 0. The molecule has 3 aromatic rings. The van der Waals surface area contributed by atoms with Crippen LogP contribution in [0, 0.1) is 11.6 Å². The molecule has 2 aromatic heterocycles. The monoisotopic (exact) mass is 325 g/mol. The van der Waals surface area contributed by atoms with Crippen molar-refractivity contribution in [3.05, 3.63) is 65.7 Å². The molecule has 0 spiro atoms. The van der Waals surface area contributed by atoms with Crippen LogP contribution >= 0.6 is 0 Å². The van der Waals surface area contributed by atoms with Crippen LogP contribution in [0.15, 0.2) is 43.0 Å².